The van der Waals surface area contributed by atoms with Crippen LogP contribution in [0.2, 0.25) is 0 Å². The van der Waals surface area contributed by atoms with Gasteiger partial charge in [0, 0.05) is 69.0 Å². The van der Waals surface area contributed by atoms with Crippen molar-refractivity contribution in [1.82, 2.24) is 19.6 Å². The largest absolute Gasteiger partial charge is 0.477 e. The first-order valence-electron chi connectivity index (χ1n) is 13.7. The molecule has 6 heterocycles. The van der Waals surface area contributed by atoms with Gasteiger partial charge in [-0.2, -0.15) is 0 Å². The summed E-state index contributed by atoms with van der Waals surface area (Å²) in [5.74, 6) is -3.26. The number of nitrogens with one attached hydrogen (secondary N) is 2. The molecular weight excluding hydrogens is 532 g/mol. The third-order valence-corrected chi connectivity index (χ3v) is 8.21. The number of fused-ring (bicyclic) bond motifs is 4. The maximum absolute atomic E-state index is 15.5. The maximum atomic E-state index is 15.5. The van der Waals surface area contributed by atoms with Crippen LogP contribution in [-0.2, 0) is 0 Å². The number of nitrogens with zero attached hydrogens (tertiary/aromatic N) is 5. The van der Waals surface area contributed by atoms with Crippen LogP contribution in [0, 0.1) is 11.6 Å². The van der Waals surface area contributed by atoms with Gasteiger partial charge in [-0.15, -0.1) is 0 Å². The predicted octanol–water partition coefficient (Wildman–Crippen LogP) is 4.44. The van der Waals surface area contributed by atoms with E-state index in [-0.39, 0.29) is 16.3 Å². The highest BCUT2D eigenvalue weighted by Gasteiger charge is 2.27. The zero-order valence-electron chi connectivity index (χ0n) is 22.3. The minimum absolute atomic E-state index is 0.0962. The highest BCUT2D eigenvalue weighted by molar-refractivity contribution is 6.18. The lowest BCUT2D eigenvalue weighted by molar-refractivity contribution is 0.0695. The van der Waals surface area contributed by atoms with Gasteiger partial charge in [0.1, 0.15) is 11.2 Å². The van der Waals surface area contributed by atoms with Gasteiger partial charge in [0.15, 0.2) is 17.3 Å². The lowest BCUT2D eigenvalue weighted by atomic mass is 10.0. The Balaban J connectivity index is 1.54. The molecule has 2 fully saturated rings. The number of aromatic amines is 1. The smallest absolute Gasteiger partial charge is 0.341 e. The highest BCUT2D eigenvalue weighted by atomic mass is 19.2. The fourth-order valence-electron chi connectivity index (χ4n) is 6.25. The first kappa shape index (κ1) is 25.2. The quantitative estimate of drug-likeness (QED) is 0.289. The van der Waals surface area contributed by atoms with Crippen LogP contribution < -0.4 is 20.7 Å². The molecule has 7 rings (SSSR count). The van der Waals surface area contributed by atoms with Crippen molar-refractivity contribution in [3.63, 3.8) is 0 Å². The average Bonchev–Trinajstić information content (AvgIpc) is 3.76. The number of carboxylic acids is 1. The second-order valence-corrected chi connectivity index (χ2v) is 10.6. The summed E-state index contributed by atoms with van der Waals surface area (Å²) >= 11 is 0. The molecule has 3 N–H and O–H groups in total. The topological polar surface area (TPSA) is 119 Å². The standard InChI is InChI=1S/C29H27F2N7O3/c1-32-20-11-19(30)23(31)21-22-25(36-6-2-3-7-36)17(13-33-27(22)35-24(20)21)15-10-16-26(39)18(29(40)41)14-38(28(16)34-12-15)37-8-4-5-9-37/h10-14,32H,2-9H2,1H3,(H,33,35)(H,40,41). The van der Waals surface area contributed by atoms with Gasteiger partial charge in [0.25, 0.3) is 0 Å². The molecule has 0 unspecified atom stereocenters. The van der Waals surface area contributed by atoms with Crippen molar-refractivity contribution in [2.45, 2.75) is 25.7 Å². The van der Waals surface area contributed by atoms with Crippen LogP contribution in [0.4, 0.5) is 20.2 Å². The molecule has 210 valence electrons. The van der Waals surface area contributed by atoms with Crippen molar-refractivity contribution in [3.05, 3.63) is 58.1 Å². The van der Waals surface area contributed by atoms with Crippen LogP contribution in [0.3, 0.4) is 0 Å². The molecule has 0 spiro atoms. The van der Waals surface area contributed by atoms with Crippen LogP contribution in [-0.4, -0.2) is 63.9 Å². The molecule has 4 aromatic heterocycles. The van der Waals surface area contributed by atoms with Crippen LogP contribution in [0.15, 0.2) is 35.5 Å². The van der Waals surface area contributed by atoms with E-state index in [4.69, 9.17) is 0 Å². The zero-order chi connectivity index (χ0) is 28.4. The van der Waals surface area contributed by atoms with E-state index in [0.717, 1.165) is 44.8 Å². The Hall–Kier alpha value is -4.74. The number of carbonyl (C=O) groups is 1. The summed E-state index contributed by atoms with van der Waals surface area (Å²) in [6, 6.07) is 2.75. The molecule has 0 amide bonds. The van der Waals surface area contributed by atoms with Gasteiger partial charge >= 0.3 is 5.97 Å². The predicted molar refractivity (Wildman–Crippen MR) is 154 cm³/mol. The summed E-state index contributed by atoms with van der Waals surface area (Å²) < 4.78 is 31.9. The van der Waals surface area contributed by atoms with E-state index in [1.165, 1.54) is 6.20 Å². The molecule has 2 saturated heterocycles. The van der Waals surface area contributed by atoms with E-state index >= 15 is 4.39 Å². The van der Waals surface area contributed by atoms with Gasteiger partial charge < -0.3 is 25.3 Å². The molecule has 0 atom stereocenters. The molecule has 5 aromatic rings. The Kier molecular flexibility index (Phi) is 5.80. The van der Waals surface area contributed by atoms with E-state index in [2.05, 4.69) is 25.2 Å². The van der Waals surface area contributed by atoms with Crippen molar-refractivity contribution in [2.24, 2.45) is 0 Å². The number of pyridine rings is 3. The van der Waals surface area contributed by atoms with Crippen molar-refractivity contribution in [3.8, 4) is 11.1 Å². The summed E-state index contributed by atoms with van der Waals surface area (Å²) in [6.45, 7) is 2.86. The second kappa shape index (κ2) is 9.43. The average molecular weight is 560 g/mol. The number of benzene rings is 1. The molecule has 41 heavy (non-hydrogen) atoms. The number of carboxylic acid groups (broad SMARTS) is 1. The molecule has 1 aromatic carbocycles. The Morgan fingerprint density at radius 1 is 1.02 bits per heavy atom. The van der Waals surface area contributed by atoms with Crippen molar-refractivity contribution in [2.75, 3.05) is 48.5 Å². The number of aromatic carboxylic acids is 1. The fourth-order valence-corrected chi connectivity index (χ4v) is 6.25. The van der Waals surface area contributed by atoms with E-state index in [1.54, 1.807) is 30.2 Å². The fraction of sp³-hybridized carbons (Fsp3) is 0.310. The summed E-state index contributed by atoms with van der Waals surface area (Å²) in [4.78, 5) is 39.9. The van der Waals surface area contributed by atoms with E-state index in [0.29, 0.717) is 57.8 Å². The summed E-state index contributed by atoms with van der Waals surface area (Å²) in [5.41, 5.74) is 2.40. The molecule has 10 nitrogen and oxygen atoms in total. The highest BCUT2D eigenvalue weighted by Crippen LogP contribution is 2.44. The summed E-state index contributed by atoms with van der Waals surface area (Å²) in [7, 11) is 1.64. The van der Waals surface area contributed by atoms with Crippen molar-refractivity contribution < 1.29 is 18.7 Å². The lowest BCUT2D eigenvalue weighted by Gasteiger charge is -2.24. The van der Waals surface area contributed by atoms with Crippen LogP contribution in [0.1, 0.15) is 36.0 Å². The van der Waals surface area contributed by atoms with Gasteiger partial charge in [-0.25, -0.2) is 28.2 Å². The van der Waals surface area contributed by atoms with Gasteiger partial charge in [0.05, 0.1) is 33.1 Å². The zero-order valence-corrected chi connectivity index (χ0v) is 22.3. The molecule has 0 saturated carbocycles. The molecule has 12 heteroatoms. The Morgan fingerprint density at radius 3 is 2.46 bits per heavy atom. The normalized spacial score (nSPS) is 15.6. The van der Waals surface area contributed by atoms with E-state index in [9.17, 15) is 19.1 Å². The molecule has 0 bridgehead atoms. The molecular formula is C29H27F2N7O3. The third-order valence-electron chi connectivity index (χ3n) is 8.21. The Morgan fingerprint density at radius 2 is 1.76 bits per heavy atom. The third kappa shape index (κ3) is 3.80. The van der Waals surface area contributed by atoms with E-state index < -0.39 is 23.0 Å². The SMILES string of the molecule is CNc1cc(F)c(F)c2c1[nH]c1ncc(-c3cnc4c(c3)c(=O)c(C(=O)O)cn4N3CCCC3)c(N3CCCC3)c12. The second-order valence-electron chi connectivity index (χ2n) is 10.6. The minimum atomic E-state index is -1.31. The van der Waals surface area contributed by atoms with Gasteiger partial charge in [-0.05, 0) is 31.7 Å². The lowest BCUT2D eigenvalue weighted by Crippen LogP contribution is -2.34. The van der Waals surface area contributed by atoms with Gasteiger partial charge in [-0.3, -0.25) is 4.79 Å². The van der Waals surface area contributed by atoms with Crippen LogP contribution in [0.25, 0.3) is 44.1 Å². The summed E-state index contributed by atoms with van der Waals surface area (Å²) in [5, 5.41) is 15.4. The Bertz CT molecular complexity index is 1940. The van der Waals surface area contributed by atoms with E-state index in [1.807, 2.05) is 5.01 Å². The number of hydrogen-bond donors (Lipinski definition) is 3. The summed E-state index contributed by atoms with van der Waals surface area (Å²) in [6.07, 6.45) is 8.39. The molecule has 0 radical (unpaired) electrons. The van der Waals surface area contributed by atoms with Crippen molar-refractivity contribution in [1.29, 1.82) is 0 Å². The number of anilines is 2. The number of H-pyrrole nitrogens is 1. The number of halogens is 2. The number of aromatic nitrogens is 4. The monoisotopic (exact) mass is 559 g/mol. The molecule has 2 aliphatic rings. The number of rotatable bonds is 5. The molecule has 2 aliphatic heterocycles. The first-order chi connectivity index (χ1) is 19.9. The minimum Gasteiger partial charge on any atom is -0.477 e. The van der Waals surface area contributed by atoms with Gasteiger partial charge in [-0.1, -0.05) is 0 Å². The van der Waals surface area contributed by atoms with Crippen molar-refractivity contribution >= 4 is 50.3 Å². The maximum Gasteiger partial charge on any atom is 0.341 e. The number of hydrogen-bond acceptors (Lipinski definition) is 7. The van der Waals surface area contributed by atoms with Gasteiger partial charge in [0.2, 0.25) is 5.43 Å². The molecule has 0 aliphatic carbocycles. The van der Waals surface area contributed by atoms with Crippen LogP contribution >= 0.6 is 0 Å². The first-order valence-corrected chi connectivity index (χ1v) is 13.7. The Labute approximate surface area is 232 Å². The van der Waals surface area contributed by atoms with Crippen LogP contribution in [0.5, 0.6) is 0 Å².